The van der Waals surface area contributed by atoms with Gasteiger partial charge in [0.25, 0.3) is 0 Å². The second-order valence-electron chi connectivity index (χ2n) is 4.24. The van der Waals surface area contributed by atoms with E-state index in [-0.39, 0.29) is 35.0 Å². The van der Waals surface area contributed by atoms with Crippen molar-refractivity contribution in [3.63, 3.8) is 0 Å². The van der Waals surface area contributed by atoms with Gasteiger partial charge in [-0.05, 0) is 31.5 Å². The molecular weight excluding hydrogens is 285 g/mol. The largest absolute Gasteiger partial charge is 0.396 e. The zero-order valence-electron chi connectivity index (χ0n) is 11.4. The Bertz CT molecular complexity index is 602. The molecule has 0 fully saturated rings. The van der Waals surface area contributed by atoms with E-state index in [0.29, 0.717) is 6.54 Å². The van der Waals surface area contributed by atoms with Gasteiger partial charge in [0.1, 0.15) is 5.82 Å². The fourth-order valence-electron chi connectivity index (χ4n) is 1.62. The van der Waals surface area contributed by atoms with Crippen LogP contribution in [-0.4, -0.2) is 27.4 Å². The quantitative estimate of drug-likeness (QED) is 0.667. The van der Waals surface area contributed by atoms with Crippen molar-refractivity contribution in [3.05, 3.63) is 23.5 Å². The van der Waals surface area contributed by atoms with Crippen molar-refractivity contribution in [2.24, 2.45) is 0 Å². The highest BCUT2D eigenvalue weighted by molar-refractivity contribution is 7.89. The first-order valence-corrected chi connectivity index (χ1v) is 7.58. The fraction of sp³-hybridized carbons (Fsp3) is 0.417. The summed E-state index contributed by atoms with van der Waals surface area (Å²) >= 11 is 0. The Labute approximate surface area is 117 Å². The molecule has 4 N–H and O–H groups in total. The zero-order chi connectivity index (χ0) is 15.3. The van der Waals surface area contributed by atoms with Crippen LogP contribution in [0.4, 0.5) is 10.1 Å². The highest BCUT2D eigenvalue weighted by atomic mass is 32.2. The van der Waals surface area contributed by atoms with Crippen molar-refractivity contribution in [1.82, 2.24) is 10.0 Å². The second-order valence-corrected chi connectivity index (χ2v) is 5.98. The molecule has 0 aromatic heterocycles. The van der Waals surface area contributed by atoms with Crippen molar-refractivity contribution < 1.29 is 17.6 Å². The van der Waals surface area contributed by atoms with E-state index in [0.717, 1.165) is 12.1 Å². The number of nitrogens with two attached hydrogens (primary N) is 1. The van der Waals surface area contributed by atoms with E-state index >= 15 is 0 Å². The molecule has 0 saturated carbocycles. The molecule has 1 rings (SSSR count). The summed E-state index contributed by atoms with van der Waals surface area (Å²) in [5.74, 6) is -0.908. The summed E-state index contributed by atoms with van der Waals surface area (Å²) in [5, 5.41) is 2.56. The number of benzene rings is 1. The van der Waals surface area contributed by atoms with Gasteiger partial charge < -0.3 is 11.1 Å². The molecule has 112 valence electrons. The van der Waals surface area contributed by atoms with E-state index in [1.165, 1.54) is 6.92 Å². The molecule has 8 heteroatoms. The monoisotopic (exact) mass is 303 g/mol. The second kappa shape index (κ2) is 6.67. The van der Waals surface area contributed by atoms with E-state index in [1.807, 2.05) is 0 Å². The number of nitrogens with one attached hydrogen (secondary N) is 2. The summed E-state index contributed by atoms with van der Waals surface area (Å²) in [6.07, 6.45) is 0.0306. The smallest absolute Gasteiger partial charge is 0.240 e. The van der Waals surface area contributed by atoms with Gasteiger partial charge in [0.15, 0.2) is 0 Å². The molecule has 0 spiro atoms. The summed E-state index contributed by atoms with van der Waals surface area (Å²) in [4.78, 5) is 11.1. The lowest BCUT2D eigenvalue weighted by atomic mass is 10.2. The lowest BCUT2D eigenvalue weighted by Gasteiger charge is -2.10. The van der Waals surface area contributed by atoms with Crippen LogP contribution >= 0.6 is 0 Å². The summed E-state index contributed by atoms with van der Waals surface area (Å²) in [5.41, 5.74) is 5.39. The number of carbonyl (C=O) groups is 1. The number of hydrogen-bond acceptors (Lipinski definition) is 4. The predicted molar refractivity (Wildman–Crippen MR) is 74.0 cm³/mol. The van der Waals surface area contributed by atoms with Crippen LogP contribution in [0.3, 0.4) is 0 Å². The Hall–Kier alpha value is -1.67. The number of hydrogen-bond donors (Lipinski definition) is 3. The van der Waals surface area contributed by atoms with Crippen LogP contribution in [0.25, 0.3) is 0 Å². The molecule has 0 unspecified atom stereocenters. The number of sulfonamides is 1. The first-order valence-electron chi connectivity index (χ1n) is 6.10. The molecule has 1 amide bonds. The third kappa shape index (κ3) is 4.17. The van der Waals surface area contributed by atoms with Gasteiger partial charge in [0.2, 0.25) is 15.9 Å². The normalized spacial score (nSPS) is 11.3. The van der Waals surface area contributed by atoms with Gasteiger partial charge in [0.05, 0.1) is 10.6 Å². The summed E-state index contributed by atoms with van der Waals surface area (Å²) in [6.45, 7) is 3.69. The number of nitrogen functional groups attached to an aromatic ring is 1. The van der Waals surface area contributed by atoms with Gasteiger partial charge in [-0.25, -0.2) is 17.5 Å². The van der Waals surface area contributed by atoms with Crippen molar-refractivity contribution in [3.8, 4) is 0 Å². The Morgan fingerprint density at radius 2 is 2.05 bits per heavy atom. The molecule has 20 heavy (non-hydrogen) atoms. The number of aryl methyl sites for hydroxylation is 1. The van der Waals surface area contributed by atoms with Crippen molar-refractivity contribution in [2.45, 2.75) is 25.2 Å². The minimum atomic E-state index is -3.82. The third-order valence-electron chi connectivity index (χ3n) is 2.60. The Morgan fingerprint density at radius 1 is 1.40 bits per heavy atom. The van der Waals surface area contributed by atoms with Gasteiger partial charge in [-0.3, -0.25) is 4.79 Å². The average molecular weight is 303 g/mol. The van der Waals surface area contributed by atoms with Crippen LogP contribution in [0.1, 0.15) is 18.9 Å². The molecule has 0 aliphatic heterocycles. The Balaban J connectivity index is 2.79. The minimum absolute atomic E-state index is 0.0306. The topological polar surface area (TPSA) is 101 Å². The average Bonchev–Trinajstić information content (AvgIpc) is 2.33. The maximum absolute atomic E-state index is 13.2. The first kappa shape index (κ1) is 16.4. The van der Waals surface area contributed by atoms with Gasteiger partial charge in [-0.1, -0.05) is 0 Å². The molecule has 0 radical (unpaired) electrons. The zero-order valence-corrected chi connectivity index (χ0v) is 12.2. The molecule has 0 aliphatic rings. The molecule has 6 nitrogen and oxygen atoms in total. The van der Waals surface area contributed by atoms with Crippen molar-refractivity contribution in [2.75, 3.05) is 18.8 Å². The Morgan fingerprint density at radius 3 is 2.65 bits per heavy atom. The molecule has 0 heterocycles. The SMILES string of the molecule is CCNC(=O)CCNS(=O)(=O)c1cc(N)c(F)cc1C. The third-order valence-corrected chi connectivity index (χ3v) is 4.20. The summed E-state index contributed by atoms with van der Waals surface area (Å²) < 4.78 is 39.6. The number of amides is 1. The maximum atomic E-state index is 13.2. The van der Waals surface area contributed by atoms with Crippen molar-refractivity contribution >= 4 is 21.6 Å². The van der Waals surface area contributed by atoms with Gasteiger partial charge in [-0.15, -0.1) is 0 Å². The standard InChI is InChI=1S/C12H18FN3O3S/c1-3-15-12(17)4-5-16-20(18,19)11-7-10(14)9(13)6-8(11)2/h6-7,16H,3-5,14H2,1-2H3,(H,15,17). The van der Waals surface area contributed by atoms with E-state index in [4.69, 9.17) is 5.73 Å². The van der Waals surface area contributed by atoms with E-state index in [2.05, 4.69) is 10.0 Å². The Kier molecular flexibility index (Phi) is 5.46. The molecule has 1 aromatic rings. The highest BCUT2D eigenvalue weighted by Gasteiger charge is 2.18. The first-order chi connectivity index (χ1) is 9.27. The minimum Gasteiger partial charge on any atom is -0.396 e. The maximum Gasteiger partial charge on any atom is 0.240 e. The van der Waals surface area contributed by atoms with Gasteiger partial charge >= 0.3 is 0 Å². The molecule has 0 aliphatic carbocycles. The lowest BCUT2D eigenvalue weighted by Crippen LogP contribution is -2.31. The molecular formula is C12H18FN3O3S. The van der Waals surface area contributed by atoms with E-state index in [9.17, 15) is 17.6 Å². The number of halogens is 1. The highest BCUT2D eigenvalue weighted by Crippen LogP contribution is 2.21. The lowest BCUT2D eigenvalue weighted by molar-refractivity contribution is -0.120. The van der Waals surface area contributed by atoms with Gasteiger partial charge in [0, 0.05) is 19.5 Å². The molecule has 0 atom stereocenters. The van der Waals surface area contributed by atoms with Gasteiger partial charge in [-0.2, -0.15) is 0 Å². The van der Waals surface area contributed by atoms with Crippen LogP contribution in [0, 0.1) is 12.7 Å². The molecule has 0 bridgehead atoms. The van der Waals surface area contributed by atoms with E-state index in [1.54, 1.807) is 6.92 Å². The van der Waals surface area contributed by atoms with Crippen LogP contribution in [0.5, 0.6) is 0 Å². The molecule has 1 aromatic carbocycles. The van der Waals surface area contributed by atoms with Crippen molar-refractivity contribution in [1.29, 1.82) is 0 Å². The summed E-state index contributed by atoms with van der Waals surface area (Å²) in [7, 11) is -3.82. The molecule has 0 saturated heterocycles. The number of rotatable bonds is 6. The summed E-state index contributed by atoms with van der Waals surface area (Å²) in [6, 6.07) is 2.13. The number of anilines is 1. The fourth-order valence-corrected chi connectivity index (χ4v) is 2.91. The predicted octanol–water partition coefficient (Wildman–Crippen LogP) is 0.521. The van der Waals surface area contributed by atoms with Crippen LogP contribution in [0.15, 0.2) is 17.0 Å². The van der Waals surface area contributed by atoms with Crippen LogP contribution in [0.2, 0.25) is 0 Å². The van der Waals surface area contributed by atoms with Crippen LogP contribution < -0.4 is 15.8 Å². The van der Waals surface area contributed by atoms with E-state index < -0.39 is 15.8 Å². The number of carbonyl (C=O) groups excluding carboxylic acids is 1. The van der Waals surface area contributed by atoms with Crippen LogP contribution in [-0.2, 0) is 14.8 Å².